The molecule has 5 atom stereocenters. The van der Waals surface area contributed by atoms with Gasteiger partial charge in [-0.25, -0.2) is 0 Å². The maximum Gasteiger partial charge on any atom is 0.200 e. The van der Waals surface area contributed by atoms with Gasteiger partial charge in [0.25, 0.3) is 0 Å². The molecule has 5 unspecified atom stereocenters. The molecule has 0 bridgehead atoms. The molecule has 0 aromatic rings. The molecule has 0 amide bonds. The lowest BCUT2D eigenvalue weighted by Crippen LogP contribution is -2.63. The molecule has 3 nitrogen and oxygen atoms in total. The van der Waals surface area contributed by atoms with Crippen LogP contribution in [-0.4, -0.2) is 28.2 Å². The van der Waals surface area contributed by atoms with Crippen molar-refractivity contribution in [3.05, 3.63) is 23.8 Å². The minimum atomic E-state index is -1.45. The highest BCUT2D eigenvalue weighted by atomic mass is 16.6. The van der Waals surface area contributed by atoms with Crippen molar-refractivity contribution >= 4 is 0 Å². The summed E-state index contributed by atoms with van der Waals surface area (Å²) in [4.78, 5) is 0. The zero-order valence-corrected chi connectivity index (χ0v) is 11.1. The Balaban J connectivity index is 2.11. The monoisotopic (exact) mass is 250 g/mol. The van der Waals surface area contributed by atoms with E-state index in [0.717, 1.165) is 12.8 Å². The van der Waals surface area contributed by atoms with Crippen LogP contribution in [0.4, 0.5) is 0 Å². The first-order valence-corrected chi connectivity index (χ1v) is 6.83. The number of hydrogen-bond donors (Lipinski definition) is 2. The fourth-order valence-electron chi connectivity index (χ4n) is 4.16. The molecule has 0 aromatic heterocycles. The van der Waals surface area contributed by atoms with Gasteiger partial charge in [0.2, 0.25) is 0 Å². The van der Waals surface area contributed by atoms with Crippen LogP contribution in [0.3, 0.4) is 0 Å². The van der Waals surface area contributed by atoms with Gasteiger partial charge in [-0.2, -0.15) is 0 Å². The van der Waals surface area contributed by atoms with Gasteiger partial charge in [-0.15, -0.1) is 0 Å². The van der Waals surface area contributed by atoms with Gasteiger partial charge in [0.15, 0.2) is 5.79 Å². The first-order valence-electron chi connectivity index (χ1n) is 6.83. The van der Waals surface area contributed by atoms with E-state index in [1.54, 1.807) is 0 Å². The standard InChI is InChI=1S/C15H22O3/c1-9-4-5-12-10(2)7-14(16)15(17,13(12)6-9)11(3)8-18-14/h6,10,12-13,16-17H,3-5,7-8H2,1-2H3. The molecule has 18 heavy (non-hydrogen) atoms. The lowest BCUT2D eigenvalue weighted by atomic mass is 9.57. The molecule has 0 spiro atoms. The minimum Gasteiger partial charge on any atom is -0.379 e. The molecule has 3 rings (SSSR count). The van der Waals surface area contributed by atoms with Crippen molar-refractivity contribution in [2.24, 2.45) is 17.8 Å². The fraction of sp³-hybridized carbons (Fsp3) is 0.733. The summed E-state index contributed by atoms with van der Waals surface area (Å²) in [6, 6.07) is 0. The van der Waals surface area contributed by atoms with Crippen LogP contribution in [0.1, 0.15) is 33.1 Å². The van der Waals surface area contributed by atoms with Gasteiger partial charge >= 0.3 is 0 Å². The average molecular weight is 250 g/mol. The predicted octanol–water partition coefficient (Wildman–Crippen LogP) is 2.00. The zero-order chi connectivity index (χ0) is 13.1. The van der Waals surface area contributed by atoms with E-state index in [2.05, 4.69) is 26.5 Å². The van der Waals surface area contributed by atoms with E-state index in [0.29, 0.717) is 23.8 Å². The average Bonchev–Trinajstić information content (AvgIpc) is 2.54. The van der Waals surface area contributed by atoms with Crippen molar-refractivity contribution in [3.63, 3.8) is 0 Å². The van der Waals surface area contributed by atoms with E-state index in [9.17, 15) is 10.2 Å². The maximum atomic E-state index is 11.1. The summed E-state index contributed by atoms with van der Waals surface area (Å²) in [6.07, 6.45) is 4.80. The molecule has 3 aliphatic rings. The van der Waals surface area contributed by atoms with Crippen LogP contribution in [0.25, 0.3) is 0 Å². The molecule has 100 valence electrons. The quantitative estimate of drug-likeness (QED) is 0.647. The van der Waals surface area contributed by atoms with E-state index < -0.39 is 11.4 Å². The van der Waals surface area contributed by atoms with Gasteiger partial charge in [-0.3, -0.25) is 0 Å². The van der Waals surface area contributed by atoms with Crippen LogP contribution in [0.15, 0.2) is 23.8 Å². The lowest BCUT2D eigenvalue weighted by molar-refractivity contribution is -0.293. The molecule has 2 fully saturated rings. The second-order valence-corrected chi connectivity index (χ2v) is 6.37. The minimum absolute atomic E-state index is 0.0602. The molecule has 1 heterocycles. The molecule has 3 heteroatoms. The highest BCUT2D eigenvalue weighted by molar-refractivity contribution is 5.32. The van der Waals surface area contributed by atoms with Crippen molar-refractivity contribution in [2.75, 3.05) is 6.61 Å². The van der Waals surface area contributed by atoms with Crippen molar-refractivity contribution in [2.45, 2.75) is 44.5 Å². The highest BCUT2D eigenvalue weighted by Crippen LogP contribution is 2.57. The molecular formula is C15H22O3. The molecule has 1 saturated heterocycles. The zero-order valence-electron chi connectivity index (χ0n) is 11.1. The first kappa shape index (κ1) is 12.4. The normalized spacial score (nSPS) is 51.7. The topological polar surface area (TPSA) is 49.7 Å². The van der Waals surface area contributed by atoms with Gasteiger partial charge in [-0.05, 0) is 37.2 Å². The van der Waals surface area contributed by atoms with Crippen molar-refractivity contribution < 1.29 is 14.9 Å². The SMILES string of the molecule is C=C1COC2(O)CC(C)C3CCC(C)=CC3C12O. The van der Waals surface area contributed by atoms with E-state index >= 15 is 0 Å². The number of hydrogen-bond acceptors (Lipinski definition) is 3. The van der Waals surface area contributed by atoms with Crippen LogP contribution in [0.5, 0.6) is 0 Å². The van der Waals surface area contributed by atoms with Gasteiger partial charge in [0.05, 0.1) is 6.61 Å². The predicted molar refractivity (Wildman–Crippen MR) is 68.7 cm³/mol. The summed E-state index contributed by atoms with van der Waals surface area (Å²) in [6.45, 7) is 8.43. The Hall–Kier alpha value is -0.640. The Labute approximate surface area is 108 Å². The summed E-state index contributed by atoms with van der Waals surface area (Å²) < 4.78 is 5.49. The molecule has 0 aromatic carbocycles. The number of fused-ring (bicyclic) bond motifs is 3. The maximum absolute atomic E-state index is 11.1. The third kappa shape index (κ3) is 1.35. The van der Waals surface area contributed by atoms with Gasteiger partial charge in [-0.1, -0.05) is 25.2 Å². The Morgan fingerprint density at radius 1 is 1.44 bits per heavy atom. The summed E-state index contributed by atoms with van der Waals surface area (Å²) >= 11 is 0. The Morgan fingerprint density at radius 2 is 2.17 bits per heavy atom. The number of aliphatic hydroxyl groups is 2. The molecule has 2 N–H and O–H groups in total. The number of ether oxygens (including phenoxy) is 1. The number of rotatable bonds is 0. The van der Waals surface area contributed by atoms with Crippen LogP contribution in [0, 0.1) is 17.8 Å². The van der Waals surface area contributed by atoms with E-state index in [4.69, 9.17) is 4.74 Å². The Bertz CT molecular complexity index is 427. The van der Waals surface area contributed by atoms with Crippen molar-refractivity contribution in [3.8, 4) is 0 Å². The fourth-order valence-corrected chi connectivity index (χ4v) is 4.16. The summed E-state index contributed by atoms with van der Waals surface area (Å²) in [7, 11) is 0. The first-order chi connectivity index (χ1) is 8.38. The molecular weight excluding hydrogens is 228 g/mol. The van der Waals surface area contributed by atoms with Gasteiger partial charge < -0.3 is 14.9 Å². The van der Waals surface area contributed by atoms with Crippen LogP contribution < -0.4 is 0 Å². The third-order valence-electron chi connectivity index (χ3n) is 5.23. The smallest absolute Gasteiger partial charge is 0.200 e. The highest BCUT2D eigenvalue weighted by Gasteiger charge is 2.66. The molecule has 2 aliphatic carbocycles. The lowest BCUT2D eigenvalue weighted by Gasteiger charge is -2.53. The summed E-state index contributed by atoms with van der Waals surface area (Å²) in [5.74, 6) is -0.735. The molecule has 0 radical (unpaired) electrons. The molecule has 1 saturated carbocycles. The van der Waals surface area contributed by atoms with Crippen LogP contribution in [0.2, 0.25) is 0 Å². The van der Waals surface area contributed by atoms with Crippen LogP contribution in [-0.2, 0) is 4.74 Å². The summed E-state index contributed by atoms with van der Waals surface area (Å²) in [5.41, 5.74) is 0.616. The van der Waals surface area contributed by atoms with Gasteiger partial charge in [0.1, 0.15) is 5.60 Å². The second kappa shape index (κ2) is 3.69. The number of allylic oxidation sites excluding steroid dienone is 1. The summed E-state index contributed by atoms with van der Waals surface area (Å²) in [5, 5.41) is 21.7. The Morgan fingerprint density at radius 3 is 2.89 bits per heavy atom. The van der Waals surface area contributed by atoms with E-state index in [1.165, 1.54) is 5.57 Å². The Kier molecular flexibility index (Phi) is 2.54. The van der Waals surface area contributed by atoms with Crippen molar-refractivity contribution in [1.82, 2.24) is 0 Å². The van der Waals surface area contributed by atoms with Gasteiger partial charge in [0, 0.05) is 12.3 Å². The van der Waals surface area contributed by atoms with E-state index in [-0.39, 0.29) is 12.5 Å². The third-order valence-corrected chi connectivity index (χ3v) is 5.23. The second-order valence-electron chi connectivity index (χ2n) is 6.37. The van der Waals surface area contributed by atoms with E-state index in [1.807, 2.05) is 0 Å². The van der Waals surface area contributed by atoms with Crippen LogP contribution >= 0.6 is 0 Å². The largest absolute Gasteiger partial charge is 0.379 e. The van der Waals surface area contributed by atoms with Crippen molar-refractivity contribution in [1.29, 1.82) is 0 Å². The molecule has 1 aliphatic heterocycles.